The third kappa shape index (κ3) is 1.92. The average molecular weight is 199 g/mol. The first kappa shape index (κ1) is 11.5. The normalized spacial score (nSPS) is 31.4. The van der Waals surface area contributed by atoms with E-state index in [1.165, 1.54) is 7.11 Å². The summed E-state index contributed by atoms with van der Waals surface area (Å²) >= 11 is 0. The molecule has 3 atom stereocenters. The number of carbonyl (C=O) groups is 1. The zero-order chi connectivity index (χ0) is 10.7. The Hall–Kier alpha value is -0.570. The number of hydrogen-bond donors (Lipinski definition) is 0. The van der Waals surface area contributed by atoms with Gasteiger partial charge in [0.05, 0.1) is 13.0 Å². The maximum atomic E-state index is 11.4. The van der Waals surface area contributed by atoms with E-state index in [2.05, 4.69) is 25.7 Å². The van der Waals surface area contributed by atoms with Crippen LogP contribution in [-0.4, -0.2) is 37.1 Å². The summed E-state index contributed by atoms with van der Waals surface area (Å²) in [7, 11) is 1.48. The molecule has 1 fully saturated rings. The van der Waals surface area contributed by atoms with Crippen molar-refractivity contribution in [3.63, 3.8) is 0 Å². The number of ether oxygens (including phenoxy) is 1. The smallest absolute Gasteiger partial charge is 0.310 e. The minimum atomic E-state index is -0.0417. The van der Waals surface area contributed by atoms with Gasteiger partial charge in [-0.05, 0) is 25.4 Å². The van der Waals surface area contributed by atoms with Crippen molar-refractivity contribution in [1.29, 1.82) is 0 Å². The van der Waals surface area contributed by atoms with Gasteiger partial charge in [-0.25, -0.2) is 0 Å². The van der Waals surface area contributed by atoms with E-state index in [9.17, 15) is 4.79 Å². The lowest BCUT2D eigenvalue weighted by atomic mass is 9.70. The fourth-order valence-electron chi connectivity index (χ4n) is 2.53. The Morgan fingerprint density at radius 1 is 1.43 bits per heavy atom. The van der Waals surface area contributed by atoms with Crippen molar-refractivity contribution in [1.82, 2.24) is 4.90 Å². The van der Waals surface area contributed by atoms with E-state index in [0.29, 0.717) is 12.0 Å². The SMILES string of the molecule is CCN(CC)C1C(C)CC1C(=O)OC. The molecule has 0 spiro atoms. The van der Waals surface area contributed by atoms with Gasteiger partial charge in [0.15, 0.2) is 0 Å². The molecule has 82 valence electrons. The number of hydrogen-bond acceptors (Lipinski definition) is 3. The topological polar surface area (TPSA) is 29.5 Å². The number of esters is 1. The van der Waals surface area contributed by atoms with Crippen LogP contribution in [0.5, 0.6) is 0 Å². The molecular weight excluding hydrogens is 178 g/mol. The third-order valence-electron chi connectivity index (χ3n) is 3.36. The van der Waals surface area contributed by atoms with Crippen LogP contribution >= 0.6 is 0 Å². The zero-order valence-corrected chi connectivity index (χ0v) is 9.62. The molecule has 0 aliphatic heterocycles. The van der Waals surface area contributed by atoms with Crippen LogP contribution in [0.15, 0.2) is 0 Å². The summed E-state index contributed by atoms with van der Waals surface area (Å²) in [4.78, 5) is 13.8. The Balaban J connectivity index is 2.60. The first-order valence-corrected chi connectivity index (χ1v) is 5.47. The van der Waals surface area contributed by atoms with E-state index in [1.807, 2.05) is 0 Å². The highest BCUT2D eigenvalue weighted by Crippen LogP contribution is 2.38. The highest BCUT2D eigenvalue weighted by atomic mass is 16.5. The standard InChI is InChI=1S/C11H21NO2/c1-5-12(6-2)10-8(3)7-9(10)11(13)14-4/h8-10H,5-7H2,1-4H3. The monoisotopic (exact) mass is 199 g/mol. The highest BCUT2D eigenvalue weighted by Gasteiger charge is 2.45. The summed E-state index contributed by atoms with van der Waals surface area (Å²) in [6, 6.07) is 0.400. The summed E-state index contributed by atoms with van der Waals surface area (Å²) < 4.78 is 4.81. The lowest BCUT2D eigenvalue weighted by Crippen LogP contribution is -2.55. The third-order valence-corrected chi connectivity index (χ3v) is 3.36. The maximum absolute atomic E-state index is 11.4. The lowest BCUT2D eigenvalue weighted by molar-refractivity contribution is -0.156. The van der Waals surface area contributed by atoms with Crippen molar-refractivity contribution in [2.24, 2.45) is 11.8 Å². The first-order chi connectivity index (χ1) is 6.65. The Labute approximate surface area is 86.4 Å². The quantitative estimate of drug-likeness (QED) is 0.643. The molecule has 0 aromatic carbocycles. The van der Waals surface area contributed by atoms with Gasteiger partial charge in [0.1, 0.15) is 0 Å². The summed E-state index contributed by atoms with van der Waals surface area (Å²) in [5.41, 5.74) is 0. The molecule has 0 N–H and O–H groups in total. The molecule has 0 bridgehead atoms. The average Bonchev–Trinajstić information content (AvgIpc) is 2.20. The second-order valence-electron chi connectivity index (χ2n) is 4.05. The molecule has 0 heterocycles. The predicted molar refractivity (Wildman–Crippen MR) is 56.0 cm³/mol. The van der Waals surface area contributed by atoms with Crippen molar-refractivity contribution in [3.05, 3.63) is 0 Å². The molecule has 3 unspecified atom stereocenters. The van der Waals surface area contributed by atoms with Gasteiger partial charge >= 0.3 is 5.97 Å². The van der Waals surface area contributed by atoms with E-state index < -0.39 is 0 Å². The van der Waals surface area contributed by atoms with Crippen molar-refractivity contribution >= 4 is 5.97 Å². The van der Waals surface area contributed by atoms with Crippen molar-refractivity contribution < 1.29 is 9.53 Å². The van der Waals surface area contributed by atoms with Crippen molar-refractivity contribution in [2.45, 2.75) is 33.2 Å². The Morgan fingerprint density at radius 2 is 2.00 bits per heavy atom. The molecule has 0 aromatic rings. The molecule has 14 heavy (non-hydrogen) atoms. The molecule has 0 radical (unpaired) electrons. The number of carbonyl (C=O) groups excluding carboxylic acids is 1. The van der Waals surface area contributed by atoms with Crippen LogP contribution in [0.2, 0.25) is 0 Å². The molecule has 0 amide bonds. The number of nitrogens with zero attached hydrogens (tertiary/aromatic N) is 1. The van der Waals surface area contributed by atoms with Crippen LogP contribution in [-0.2, 0) is 9.53 Å². The lowest BCUT2D eigenvalue weighted by Gasteiger charge is -2.47. The molecule has 3 nitrogen and oxygen atoms in total. The van der Waals surface area contributed by atoms with E-state index >= 15 is 0 Å². The van der Waals surface area contributed by atoms with Gasteiger partial charge in [-0.3, -0.25) is 9.69 Å². The van der Waals surface area contributed by atoms with E-state index in [1.54, 1.807) is 0 Å². The molecule has 3 heteroatoms. The van der Waals surface area contributed by atoms with Gasteiger partial charge in [0, 0.05) is 6.04 Å². The van der Waals surface area contributed by atoms with Crippen LogP contribution < -0.4 is 0 Å². The Morgan fingerprint density at radius 3 is 2.36 bits per heavy atom. The zero-order valence-electron chi connectivity index (χ0n) is 9.62. The van der Waals surface area contributed by atoms with Crippen LogP contribution in [0.3, 0.4) is 0 Å². The summed E-state index contributed by atoms with van der Waals surface area (Å²) in [5, 5.41) is 0. The second kappa shape index (κ2) is 4.78. The van der Waals surface area contributed by atoms with Crippen LogP contribution in [0.1, 0.15) is 27.2 Å². The Bertz CT molecular complexity index is 201. The van der Waals surface area contributed by atoms with E-state index in [0.717, 1.165) is 19.5 Å². The minimum absolute atomic E-state index is 0.0417. The van der Waals surface area contributed by atoms with Gasteiger partial charge < -0.3 is 4.74 Å². The van der Waals surface area contributed by atoms with E-state index in [-0.39, 0.29) is 11.9 Å². The molecular formula is C11H21NO2. The second-order valence-corrected chi connectivity index (χ2v) is 4.05. The summed E-state index contributed by atoms with van der Waals surface area (Å²) in [6.45, 7) is 8.52. The number of methoxy groups -OCH3 is 1. The van der Waals surface area contributed by atoms with E-state index in [4.69, 9.17) is 4.74 Å². The van der Waals surface area contributed by atoms with Crippen LogP contribution in [0.25, 0.3) is 0 Å². The highest BCUT2D eigenvalue weighted by molar-refractivity contribution is 5.74. The molecule has 1 rings (SSSR count). The minimum Gasteiger partial charge on any atom is -0.469 e. The van der Waals surface area contributed by atoms with Gasteiger partial charge in [-0.1, -0.05) is 20.8 Å². The van der Waals surface area contributed by atoms with Crippen molar-refractivity contribution in [3.8, 4) is 0 Å². The molecule has 1 aliphatic carbocycles. The van der Waals surface area contributed by atoms with Gasteiger partial charge in [-0.15, -0.1) is 0 Å². The van der Waals surface area contributed by atoms with Gasteiger partial charge in [-0.2, -0.15) is 0 Å². The van der Waals surface area contributed by atoms with Crippen LogP contribution in [0, 0.1) is 11.8 Å². The molecule has 0 aromatic heterocycles. The fraction of sp³-hybridized carbons (Fsp3) is 0.909. The Kier molecular flexibility index (Phi) is 3.93. The summed E-state index contributed by atoms with van der Waals surface area (Å²) in [6.07, 6.45) is 0.980. The van der Waals surface area contributed by atoms with Crippen molar-refractivity contribution in [2.75, 3.05) is 20.2 Å². The number of rotatable bonds is 4. The predicted octanol–water partition coefficient (Wildman–Crippen LogP) is 1.53. The summed E-state index contributed by atoms with van der Waals surface area (Å²) in [5.74, 6) is 0.689. The first-order valence-electron chi connectivity index (χ1n) is 5.47. The fourth-order valence-corrected chi connectivity index (χ4v) is 2.53. The maximum Gasteiger partial charge on any atom is 0.310 e. The van der Waals surface area contributed by atoms with Gasteiger partial charge in [0.25, 0.3) is 0 Å². The molecule has 1 aliphatic rings. The van der Waals surface area contributed by atoms with Crippen LogP contribution in [0.4, 0.5) is 0 Å². The molecule has 0 saturated heterocycles. The molecule has 1 saturated carbocycles. The largest absolute Gasteiger partial charge is 0.469 e. The van der Waals surface area contributed by atoms with Gasteiger partial charge in [0.2, 0.25) is 0 Å².